The minimum Gasteiger partial charge on any atom is -0.485 e. The quantitative estimate of drug-likeness (QED) is 0.0300. The second kappa shape index (κ2) is 15.3. The predicted octanol–water partition coefficient (Wildman–Crippen LogP) is -1.05. The van der Waals surface area contributed by atoms with Crippen LogP contribution in [0.3, 0.4) is 0 Å². The molecule has 2 aliphatic rings. The molecule has 0 radical (unpaired) electrons. The summed E-state index contributed by atoms with van der Waals surface area (Å²) in [5.74, 6) is -3.05. The highest BCUT2D eigenvalue weighted by molar-refractivity contribution is 7.80. The Labute approximate surface area is 308 Å². The van der Waals surface area contributed by atoms with E-state index < -0.39 is 63.3 Å². The molecule has 4 atom stereocenters. The number of aromatic nitrogens is 3. The number of hydroxylamine groups is 2. The van der Waals surface area contributed by atoms with E-state index in [4.69, 9.17) is 31.3 Å². The largest absolute Gasteiger partial charge is 0.485 e. The van der Waals surface area contributed by atoms with Gasteiger partial charge < -0.3 is 42.3 Å². The molecule has 20 nitrogen and oxygen atoms in total. The van der Waals surface area contributed by atoms with Crippen LogP contribution in [0.15, 0.2) is 41.1 Å². The molecule has 1 aromatic carbocycles. The molecule has 10 N–H and O–H groups in total. The number of nitrogens with one attached hydrogen (secondary N) is 1. The van der Waals surface area contributed by atoms with Crippen LogP contribution >= 0.6 is 11.3 Å². The van der Waals surface area contributed by atoms with Crippen molar-refractivity contribution in [3.63, 3.8) is 0 Å². The average Bonchev–Trinajstić information content (AvgIpc) is 3.72. The minimum absolute atomic E-state index is 0.0518. The molecule has 4 heterocycles. The van der Waals surface area contributed by atoms with Crippen LogP contribution < -0.4 is 31.9 Å². The summed E-state index contributed by atoms with van der Waals surface area (Å²) in [6, 6.07) is 4.14. The smallest absolute Gasteiger partial charge is 0.418 e. The molecule has 0 aliphatic carbocycles. The Hall–Kier alpha value is -4.71. The van der Waals surface area contributed by atoms with Crippen LogP contribution in [0.25, 0.3) is 11.1 Å². The highest BCUT2D eigenvalue weighted by Gasteiger charge is 2.58. The van der Waals surface area contributed by atoms with Crippen molar-refractivity contribution in [1.82, 2.24) is 20.0 Å². The topological polar surface area (TPSA) is 301 Å². The number of β-lactam (4-membered cyclic amide) rings is 1. The molecule has 5 rings (SSSR count). The molecule has 0 bridgehead atoms. The van der Waals surface area contributed by atoms with Gasteiger partial charge in [0, 0.05) is 11.9 Å². The molecule has 2 amide bonds. The first-order valence-corrected chi connectivity index (χ1v) is 18.6. The molecule has 2 aliphatic heterocycles. The molecule has 288 valence electrons. The lowest BCUT2D eigenvalue weighted by Crippen LogP contribution is -2.76. The second-order valence-electron chi connectivity index (χ2n) is 13.2. The number of aliphatic hydroxyl groups excluding tert-OH is 1. The molecule has 0 saturated carbocycles. The summed E-state index contributed by atoms with van der Waals surface area (Å²) in [6.45, 7) is 5.52. The maximum Gasteiger partial charge on any atom is 0.418 e. The van der Waals surface area contributed by atoms with E-state index in [0.29, 0.717) is 36.9 Å². The molecule has 22 heteroatoms. The van der Waals surface area contributed by atoms with Crippen molar-refractivity contribution in [2.24, 2.45) is 16.6 Å². The minimum atomic E-state index is -5.04. The maximum atomic E-state index is 13.5. The van der Waals surface area contributed by atoms with Crippen LogP contribution in [-0.4, -0.2) is 104 Å². The van der Waals surface area contributed by atoms with E-state index in [1.165, 1.54) is 26.2 Å². The van der Waals surface area contributed by atoms with Crippen molar-refractivity contribution in [3.8, 4) is 16.9 Å². The van der Waals surface area contributed by atoms with Gasteiger partial charge in [0.05, 0.1) is 23.8 Å². The zero-order chi connectivity index (χ0) is 38.9. The molecular weight excluding hydrogens is 739 g/mol. The number of aryl methyl sites for hydroxylation is 2. The molecule has 0 spiro atoms. The van der Waals surface area contributed by atoms with Crippen molar-refractivity contribution in [2.45, 2.75) is 82.5 Å². The highest BCUT2D eigenvalue weighted by Crippen LogP contribution is 2.37. The zero-order valence-electron chi connectivity index (χ0n) is 29.0. The van der Waals surface area contributed by atoms with Crippen molar-refractivity contribution in [1.29, 1.82) is 0 Å². The average molecular weight is 781 g/mol. The Balaban J connectivity index is 1.36. The number of carbonyl (C=O) groups is 3. The summed E-state index contributed by atoms with van der Waals surface area (Å²) >= 11 is 0.960. The molecule has 1 unspecified atom stereocenters. The fourth-order valence-corrected chi connectivity index (χ4v) is 6.90. The van der Waals surface area contributed by atoms with Crippen LogP contribution in [0.2, 0.25) is 0 Å². The number of oxime groups is 1. The van der Waals surface area contributed by atoms with E-state index in [1.807, 2.05) is 33.9 Å². The third kappa shape index (κ3) is 8.43. The van der Waals surface area contributed by atoms with Crippen LogP contribution in [-0.2, 0) is 53.4 Å². The molecule has 2 aromatic heterocycles. The first-order chi connectivity index (χ1) is 24.9. The number of fused-ring (bicyclic) bond motifs is 1. The normalized spacial score (nSPS) is 20.1. The fourth-order valence-electron chi connectivity index (χ4n) is 5.90. The molecule has 1 fully saturated rings. The lowest BCUT2D eigenvalue weighted by Gasteiger charge is -2.50. The molecular formula is C31H42N9O11S2+. The van der Waals surface area contributed by atoms with Gasteiger partial charge in [-0.2, -0.15) is 18.2 Å². The number of rotatable bonds is 16. The Morgan fingerprint density at radius 3 is 2.64 bits per heavy atom. The fraction of sp³-hybridized carbons (Fsp3) is 0.484. The highest BCUT2D eigenvalue weighted by atomic mass is 32.3. The van der Waals surface area contributed by atoms with Crippen LogP contribution in [0.4, 0.5) is 5.13 Å². The number of thiazole rings is 1. The number of hydrogen-bond acceptors (Lipinski definition) is 15. The summed E-state index contributed by atoms with van der Waals surface area (Å²) in [5.41, 5.74) is 15.5. The molecule has 3 aromatic rings. The third-order valence-electron chi connectivity index (χ3n) is 8.97. The zero-order valence-corrected chi connectivity index (χ0v) is 30.7. The van der Waals surface area contributed by atoms with Gasteiger partial charge in [-0.05, 0) is 69.8 Å². The van der Waals surface area contributed by atoms with Gasteiger partial charge in [-0.3, -0.25) is 14.1 Å². The predicted molar refractivity (Wildman–Crippen MR) is 187 cm³/mol. The number of aliphatic hydroxyl groups is 1. The number of anilines is 1. The van der Waals surface area contributed by atoms with E-state index in [0.717, 1.165) is 34.4 Å². The summed E-state index contributed by atoms with van der Waals surface area (Å²) < 4.78 is 45.8. The first kappa shape index (κ1) is 39.5. The first-order valence-electron chi connectivity index (χ1n) is 16.4. The van der Waals surface area contributed by atoms with Gasteiger partial charge in [0.2, 0.25) is 6.20 Å². The van der Waals surface area contributed by atoms with Crippen molar-refractivity contribution >= 4 is 50.4 Å². The van der Waals surface area contributed by atoms with Gasteiger partial charge in [-0.15, -0.1) is 20.3 Å². The van der Waals surface area contributed by atoms with E-state index in [1.54, 1.807) is 6.07 Å². The maximum absolute atomic E-state index is 13.5. The lowest BCUT2D eigenvalue weighted by molar-refractivity contribution is -0.780. The summed E-state index contributed by atoms with van der Waals surface area (Å²) in [6.07, 6.45) is 3.38. The number of nitrogens with zero attached hydrogens (tertiary/aromatic N) is 5. The second-order valence-corrected chi connectivity index (χ2v) is 15.1. The van der Waals surface area contributed by atoms with Gasteiger partial charge in [-0.25, -0.2) is 9.78 Å². The van der Waals surface area contributed by atoms with Crippen LogP contribution in [0.5, 0.6) is 5.75 Å². The summed E-state index contributed by atoms with van der Waals surface area (Å²) in [7, 11) is -5.04. The number of carboxylic acids is 1. The van der Waals surface area contributed by atoms with Crippen LogP contribution in [0, 0.1) is 0 Å². The standard InChI is InChI=1S/C31H41N9O11S2/c1-30(2)25(27(43)40(30)51-53(46,47)48)36-26(42)24(21-16-52-29(34)35-21)37-50-31(3,28(44)45)23-8-6-18-11-17(5-7-22(18)49-23)19-13-38(10-4-9-32)39(14-19)15-20(41)12-33/h5,7,11,13-14,16,20,23,25,41H,4,6,8-10,12,15,32-33H2,1-3H3,(H4-,34,35,36,42,44,45,46,47,48)/p+1/b37-24-/t20-,23?,25+,31-/m0/s1. The third-order valence-corrected chi connectivity index (χ3v) is 9.98. The van der Waals surface area contributed by atoms with Gasteiger partial charge in [0.15, 0.2) is 23.5 Å². The number of amides is 2. The van der Waals surface area contributed by atoms with E-state index in [-0.39, 0.29) is 23.8 Å². The van der Waals surface area contributed by atoms with Gasteiger partial charge in [0.1, 0.15) is 23.6 Å². The van der Waals surface area contributed by atoms with Crippen molar-refractivity contribution in [3.05, 3.63) is 47.2 Å². The molecule has 1 saturated heterocycles. The van der Waals surface area contributed by atoms with Crippen molar-refractivity contribution < 1.29 is 56.1 Å². The monoisotopic (exact) mass is 780 g/mol. The van der Waals surface area contributed by atoms with Gasteiger partial charge in [0.25, 0.3) is 17.4 Å². The number of carbonyl (C=O) groups excluding carboxylic acids is 2. The molecule has 53 heavy (non-hydrogen) atoms. The summed E-state index contributed by atoms with van der Waals surface area (Å²) in [4.78, 5) is 48.6. The number of benzene rings is 1. The van der Waals surface area contributed by atoms with Gasteiger partial charge in [-0.1, -0.05) is 11.2 Å². The van der Waals surface area contributed by atoms with Crippen molar-refractivity contribution in [2.75, 3.05) is 18.8 Å². The Kier molecular flexibility index (Phi) is 11.4. The Morgan fingerprint density at radius 2 is 2.04 bits per heavy atom. The van der Waals surface area contributed by atoms with E-state index in [2.05, 4.69) is 19.7 Å². The van der Waals surface area contributed by atoms with Crippen LogP contribution in [0.1, 0.15) is 44.9 Å². The SMILES string of the molecule is CC1(C)[C@H](NC(=O)/C(=N\O[C@](C)(C(=O)O)C2CCc3cc(-c4cn(CCCN)[n+](C[C@@H](O)CN)c4)ccc3O2)c2csc(N)n2)C(=O)N1OS(=O)(=O)O. The summed E-state index contributed by atoms with van der Waals surface area (Å²) in [5, 5.41) is 28.6. The number of nitrogens with two attached hydrogens (primary N) is 3. The van der Waals surface area contributed by atoms with E-state index >= 15 is 0 Å². The number of ether oxygens (including phenoxy) is 1. The lowest BCUT2D eigenvalue weighted by atomic mass is 9.84. The van der Waals surface area contributed by atoms with E-state index in [9.17, 15) is 33.0 Å². The van der Waals surface area contributed by atoms with Gasteiger partial charge >= 0.3 is 16.4 Å². The number of nitrogen functional groups attached to an aromatic ring is 1. The number of aliphatic carboxylic acids is 1. The number of hydrogen-bond donors (Lipinski definition) is 7. The Morgan fingerprint density at radius 1 is 1.30 bits per heavy atom. The Bertz CT molecular complexity index is 2020. The number of carboxylic acid groups (broad SMARTS) is 1.